The molecule has 4 N–H and O–H groups in total. The zero-order valence-corrected chi connectivity index (χ0v) is 40.4. The van der Waals surface area contributed by atoms with Crippen molar-refractivity contribution in [2.24, 2.45) is 0 Å². The van der Waals surface area contributed by atoms with Crippen LogP contribution >= 0.6 is 0 Å². The summed E-state index contributed by atoms with van der Waals surface area (Å²) in [5.41, 5.74) is 0. The Kier molecular flexibility index (Phi) is 37.7. The normalized spacial score (nSPS) is 20.1. The highest BCUT2D eigenvalue weighted by molar-refractivity contribution is 7.85. The van der Waals surface area contributed by atoms with E-state index in [1.807, 2.05) is 0 Å². The highest BCUT2D eigenvalue weighted by atomic mass is 32.2. The van der Waals surface area contributed by atoms with Crippen LogP contribution in [0, 0.1) is 0 Å². The molecule has 0 aromatic heterocycles. The highest BCUT2D eigenvalue weighted by Gasteiger charge is 2.46. The minimum atomic E-state index is -4.61. The minimum absolute atomic E-state index is 0.153. The predicted octanol–water partition coefficient (Wildman–Crippen LogP) is 10.9. The number of aliphatic hydroxyl groups is 3. The van der Waals surface area contributed by atoms with Crippen molar-refractivity contribution in [3.63, 3.8) is 0 Å². The van der Waals surface area contributed by atoms with Gasteiger partial charge in [0.2, 0.25) is 0 Å². The Morgan fingerprint density at radius 3 is 1.52 bits per heavy atom. The number of unbranched alkanes of at least 4 members (excludes halogenated alkanes) is 19. The van der Waals surface area contributed by atoms with Crippen LogP contribution in [-0.2, 0) is 38.7 Å². The molecule has 1 aliphatic heterocycles. The van der Waals surface area contributed by atoms with Crippen LogP contribution in [-0.4, -0.2) is 96.0 Å². The maximum Gasteiger partial charge on any atom is 0.306 e. The Hall–Kier alpha value is -2.65. The van der Waals surface area contributed by atoms with Gasteiger partial charge in [-0.3, -0.25) is 14.1 Å². The van der Waals surface area contributed by atoms with Gasteiger partial charge in [0.15, 0.2) is 12.4 Å². The minimum Gasteiger partial charge on any atom is -0.462 e. The molecule has 64 heavy (non-hydrogen) atoms. The standard InChI is InChI=1S/C51H88O12S/c1-3-5-7-9-11-13-15-17-19-20-21-22-23-24-26-28-30-32-34-36-38-40-47(53)62-44(42-61-51-50(56)49(55)48(54)45(63-51)43-64(57,58)59)41-60-46(52)39-37-35-33-31-29-27-25-18-16-14-12-10-8-6-4-2/h6,8,12,14,17-19,25,29,31,44-45,48-51,54-56H,3-5,7,9-11,13,15-16,20-24,26-28,30,32-43H2,1-2H3,(H,57,58,59)/b8-6+,14-12+,19-17+,25-18+,31-29+/t44-,45-,48-,49?,50?,51+/m1/s1. The third-order valence-electron chi connectivity index (χ3n) is 11.1. The van der Waals surface area contributed by atoms with Gasteiger partial charge in [-0.1, -0.05) is 164 Å². The van der Waals surface area contributed by atoms with Crippen molar-refractivity contribution in [3.8, 4) is 0 Å². The second kappa shape index (κ2) is 40.6. The van der Waals surface area contributed by atoms with E-state index in [0.29, 0.717) is 12.8 Å². The van der Waals surface area contributed by atoms with Gasteiger partial charge >= 0.3 is 11.9 Å². The van der Waals surface area contributed by atoms with E-state index >= 15 is 0 Å². The Morgan fingerprint density at radius 2 is 0.984 bits per heavy atom. The number of carbonyl (C=O) groups excluding carboxylic acids is 2. The lowest BCUT2D eigenvalue weighted by molar-refractivity contribution is -0.297. The van der Waals surface area contributed by atoms with Crippen molar-refractivity contribution >= 4 is 22.1 Å². The summed E-state index contributed by atoms with van der Waals surface area (Å²) in [6.07, 6.45) is 41.2. The average molecular weight is 925 g/mol. The number of hydrogen-bond acceptors (Lipinski definition) is 11. The van der Waals surface area contributed by atoms with Crippen LogP contribution in [0.1, 0.15) is 194 Å². The Morgan fingerprint density at radius 1 is 0.547 bits per heavy atom. The molecule has 1 saturated heterocycles. The van der Waals surface area contributed by atoms with Gasteiger partial charge in [0, 0.05) is 12.8 Å². The second-order valence-corrected chi connectivity index (χ2v) is 18.6. The Balaban J connectivity index is 2.40. The molecule has 0 saturated carbocycles. The van der Waals surface area contributed by atoms with Gasteiger partial charge in [-0.15, -0.1) is 0 Å². The summed E-state index contributed by atoms with van der Waals surface area (Å²) in [5, 5.41) is 30.9. The number of allylic oxidation sites excluding steroid dienone is 10. The number of esters is 2. The Bertz CT molecular complexity index is 1410. The molecule has 0 aliphatic carbocycles. The predicted molar refractivity (Wildman–Crippen MR) is 256 cm³/mol. The zero-order valence-electron chi connectivity index (χ0n) is 39.6. The quantitative estimate of drug-likeness (QED) is 0.0197. The summed E-state index contributed by atoms with van der Waals surface area (Å²) in [4.78, 5) is 25.5. The first-order valence-corrected chi connectivity index (χ1v) is 26.5. The van der Waals surface area contributed by atoms with Crippen molar-refractivity contribution in [1.29, 1.82) is 0 Å². The van der Waals surface area contributed by atoms with Crippen LogP contribution in [0.15, 0.2) is 60.8 Å². The van der Waals surface area contributed by atoms with Crippen LogP contribution in [0.4, 0.5) is 0 Å². The lowest BCUT2D eigenvalue weighted by Crippen LogP contribution is -2.60. The van der Waals surface area contributed by atoms with Crippen molar-refractivity contribution < 1.29 is 56.8 Å². The molecule has 1 heterocycles. The molecule has 2 unspecified atom stereocenters. The topological polar surface area (TPSA) is 186 Å². The van der Waals surface area contributed by atoms with Gasteiger partial charge in [0.1, 0.15) is 36.8 Å². The van der Waals surface area contributed by atoms with Gasteiger partial charge in [0.05, 0.1) is 6.61 Å². The largest absolute Gasteiger partial charge is 0.462 e. The van der Waals surface area contributed by atoms with Crippen molar-refractivity contribution in [1.82, 2.24) is 0 Å². The van der Waals surface area contributed by atoms with E-state index in [2.05, 4.69) is 74.6 Å². The van der Waals surface area contributed by atoms with Crippen LogP contribution < -0.4 is 0 Å². The molecule has 0 spiro atoms. The summed E-state index contributed by atoms with van der Waals surface area (Å²) < 4.78 is 54.1. The molecule has 0 amide bonds. The van der Waals surface area contributed by atoms with E-state index in [1.165, 1.54) is 96.3 Å². The third-order valence-corrected chi connectivity index (χ3v) is 11.8. The summed E-state index contributed by atoms with van der Waals surface area (Å²) in [7, 11) is -4.61. The molecule has 0 aromatic carbocycles. The molecule has 1 aliphatic rings. The first-order chi connectivity index (χ1) is 31.0. The smallest absolute Gasteiger partial charge is 0.306 e. The monoisotopic (exact) mass is 925 g/mol. The molecule has 0 radical (unpaired) electrons. The first kappa shape index (κ1) is 59.4. The number of aliphatic hydroxyl groups excluding tert-OH is 3. The molecule has 12 nitrogen and oxygen atoms in total. The maximum atomic E-state index is 12.9. The van der Waals surface area contributed by atoms with Gasteiger partial charge in [-0.25, -0.2) is 0 Å². The first-order valence-electron chi connectivity index (χ1n) is 24.8. The SMILES string of the molecule is CC/C=C/C/C=C/C/C=C/C/C=C/CCCCC(=O)OC[C@H](CO[C@H]1O[C@H](CS(=O)(=O)O)[C@@H](O)C(O)C1O)OC(=O)CCCCCCCCCCCCC/C=C/CCCCCCCC. The summed E-state index contributed by atoms with van der Waals surface area (Å²) in [6, 6.07) is 0. The lowest BCUT2D eigenvalue weighted by Gasteiger charge is -2.40. The van der Waals surface area contributed by atoms with E-state index in [-0.39, 0.29) is 19.4 Å². The molecule has 370 valence electrons. The fourth-order valence-corrected chi connectivity index (χ4v) is 7.94. The fourth-order valence-electron chi connectivity index (χ4n) is 7.25. The number of rotatable bonds is 41. The molecule has 6 atom stereocenters. The third kappa shape index (κ3) is 34.7. The van der Waals surface area contributed by atoms with E-state index in [4.69, 9.17) is 18.9 Å². The molecule has 0 bridgehead atoms. The number of hydrogen-bond donors (Lipinski definition) is 4. The van der Waals surface area contributed by atoms with Crippen LogP contribution in [0.25, 0.3) is 0 Å². The molecule has 13 heteroatoms. The lowest BCUT2D eigenvalue weighted by atomic mass is 10.00. The molecule has 1 fully saturated rings. The average Bonchev–Trinajstić information content (AvgIpc) is 3.26. The van der Waals surface area contributed by atoms with Gasteiger partial charge in [-0.05, 0) is 77.0 Å². The van der Waals surface area contributed by atoms with Crippen LogP contribution in [0.5, 0.6) is 0 Å². The highest BCUT2D eigenvalue weighted by Crippen LogP contribution is 2.24. The van der Waals surface area contributed by atoms with E-state index in [9.17, 15) is 37.9 Å². The second-order valence-electron chi connectivity index (χ2n) is 17.1. The fraction of sp³-hybridized carbons (Fsp3) is 0.765. The van der Waals surface area contributed by atoms with E-state index in [0.717, 1.165) is 57.8 Å². The van der Waals surface area contributed by atoms with E-state index < -0.39 is 71.2 Å². The van der Waals surface area contributed by atoms with Gasteiger partial charge < -0.3 is 34.3 Å². The zero-order chi connectivity index (χ0) is 46.9. The van der Waals surface area contributed by atoms with Gasteiger partial charge in [0.25, 0.3) is 10.1 Å². The number of ether oxygens (including phenoxy) is 4. The molecular formula is C51H88O12S. The summed E-state index contributed by atoms with van der Waals surface area (Å²) in [5.74, 6) is -2.04. The van der Waals surface area contributed by atoms with Crippen LogP contribution in [0.3, 0.4) is 0 Å². The van der Waals surface area contributed by atoms with Crippen molar-refractivity contribution in [3.05, 3.63) is 60.8 Å². The Labute approximate surface area is 387 Å². The molecule has 0 aromatic rings. The molecule has 1 rings (SSSR count). The van der Waals surface area contributed by atoms with Crippen LogP contribution in [0.2, 0.25) is 0 Å². The summed E-state index contributed by atoms with van der Waals surface area (Å²) >= 11 is 0. The van der Waals surface area contributed by atoms with Gasteiger partial charge in [-0.2, -0.15) is 8.42 Å². The number of carbonyl (C=O) groups is 2. The van der Waals surface area contributed by atoms with Crippen molar-refractivity contribution in [2.45, 2.75) is 230 Å². The summed E-state index contributed by atoms with van der Waals surface area (Å²) in [6.45, 7) is 3.62. The van der Waals surface area contributed by atoms with E-state index in [1.54, 1.807) is 0 Å². The van der Waals surface area contributed by atoms with Crippen molar-refractivity contribution in [2.75, 3.05) is 19.0 Å². The molecular weight excluding hydrogens is 837 g/mol. The maximum absolute atomic E-state index is 12.9.